The molecule has 0 amide bonds. The average molecular weight is 202 g/mol. The summed E-state index contributed by atoms with van der Waals surface area (Å²) in [5, 5.41) is 0. The van der Waals surface area contributed by atoms with Crippen LogP contribution in [0.15, 0.2) is 24.3 Å². The second kappa shape index (κ2) is 3.99. The molecule has 1 aromatic carbocycles. The summed E-state index contributed by atoms with van der Waals surface area (Å²) in [6.07, 6.45) is 4.35. The molecule has 0 radical (unpaired) electrons. The summed E-state index contributed by atoms with van der Waals surface area (Å²) >= 11 is 0. The number of methoxy groups -OCH3 is 1. The molecule has 0 saturated carbocycles. The monoisotopic (exact) mass is 202 g/mol. The summed E-state index contributed by atoms with van der Waals surface area (Å²) in [5.41, 5.74) is 3.02. The lowest BCUT2D eigenvalue weighted by Gasteiger charge is -2.17. The lowest BCUT2D eigenvalue weighted by Crippen LogP contribution is -2.24. The molecule has 0 bridgehead atoms. The number of hydrogen-bond donors (Lipinski definition) is 0. The van der Waals surface area contributed by atoms with Gasteiger partial charge in [-0.15, -0.1) is 0 Å². The molecule has 0 unspecified atom stereocenters. The van der Waals surface area contributed by atoms with Gasteiger partial charge in [-0.25, -0.2) is 0 Å². The van der Waals surface area contributed by atoms with Gasteiger partial charge in [-0.05, 0) is 23.6 Å². The van der Waals surface area contributed by atoms with E-state index in [1.54, 1.807) is 7.11 Å². The third-order valence-electron chi connectivity index (χ3n) is 2.75. The third-order valence-corrected chi connectivity index (χ3v) is 2.75. The molecule has 0 N–H and O–H groups in total. The van der Waals surface area contributed by atoms with Crippen molar-refractivity contribution in [3.63, 3.8) is 0 Å². The number of benzene rings is 1. The maximum atomic E-state index is 11.9. The first-order valence-electron chi connectivity index (χ1n) is 5.14. The minimum absolute atomic E-state index is 0.0534. The summed E-state index contributed by atoms with van der Waals surface area (Å²) in [4.78, 5) is 11.9. The van der Waals surface area contributed by atoms with E-state index in [1.165, 1.54) is 5.56 Å². The number of ether oxygens (including phenoxy) is 1. The van der Waals surface area contributed by atoms with Crippen molar-refractivity contribution in [2.75, 3.05) is 7.11 Å². The smallest absolute Gasteiger partial charge is 0.196 e. The molecule has 0 spiro atoms. The van der Waals surface area contributed by atoms with E-state index in [-0.39, 0.29) is 5.78 Å². The minimum atomic E-state index is -0.412. The van der Waals surface area contributed by atoms with E-state index in [0.717, 1.165) is 17.5 Å². The Balaban J connectivity index is 2.45. The highest BCUT2D eigenvalue weighted by Gasteiger charge is 2.22. The summed E-state index contributed by atoms with van der Waals surface area (Å²) in [6, 6.07) is 5.96. The molecule has 1 aromatic rings. The Morgan fingerprint density at radius 3 is 2.87 bits per heavy atom. The first kappa shape index (κ1) is 10.1. The average Bonchev–Trinajstić information content (AvgIpc) is 2.29. The molecule has 2 nitrogen and oxygen atoms in total. The minimum Gasteiger partial charge on any atom is -0.369 e. The van der Waals surface area contributed by atoms with Gasteiger partial charge in [0.15, 0.2) is 5.78 Å². The van der Waals surface area contributed by atoms with E-state index >= 15 is 0 Å². The summed E-state index contributed by atoms with van der Waals surface area (Å²) in [5.74, 6) is 0.0534. The number of rotatable bonds is 2. The van der Waals surface area contributed by atoms with Crippen molar-refractivity contribution in [2.24, 2.45) is 0 Å². The molecule has 0 aliphatic heterocycles. The molecule has 2 heteroatoms. The van der Waals surface area contributed by atoms with Crippen LogP contribution < -0.4 is 0 Å². The van der Waals surface area contributed by atoms with Gasteiger partial charge < -0.3 is 4.74 Å². The zero-order chi connectivity index (χ0) is 10.8. The van der Waals surface area contributed by atoms with Crippen LogP contribution in [0.3, 0.4) is 0 Å². The lowest BCUT2D eigenvalue weighted by molar-refractivity contribution is 0.0717. The number of hydrogen-bond acceptors (Lipinski definition) is 2. The van der Waals surface area contributed by atoms with Gasteiger partial charge >= 0.3 is 0 Å². The maximum absolute atomic E-state index is 11.9. The topological polar surface area (TPSA) is 26.3 Å². The standard InChI is InChI=1S/C13H14O2/c1-3-9-4-6-11-10(8-9)5-7-12(15-2)13(11)14/h4-8,12H,3H2,1-2H3/t12-/m1/s1. The Labute approximate surface area is 89.6 Å². The molecular weight excluding hydrogens is 188 g/mol. The first-order valence-corrected chi connectivity index (χ1v) is 5.14. The zero-order valence-corrected chi connectivity index (χ0v) is 8.99. The van der Waals surface area contributed by atoms with Crippen LogP contribution in [0.5, 0.6) is 0 Å². The van der Waals surface area contributed by atoms with E-state index in [2.05, 4.69) is 13.0 Å². The Morgan fingerprint density at radius 1 is 1.40 bits per heavy atom. The third kappa shape index (κ3) is 1.73. The van der Waals surface area contributed by atoms with Gasteiger partial charge in [-0.2, -0.15) is 0 Å². The molecule has 0 aromatic heterocycles. The van der Waals surface area contributed by atoms with Crippen LogP contribution in [0.1, 0.15) is 28.4 Å². The van der Waals surface area contributed by atoms with Crippen LogP contribution in [0, 0.1) is 0 Å². The highest BCUT2D eigenvalue weighted by atomic mass is 16.5. The Morgan fingerprint density at radius 2 is 2.20 bits per heavy atom. The van der Waals surface area contributed by atoms with Crippen molar-refractivity contribution in [1.82, 2.24) is 0 Å². The van der Waals surface area contributed by atoms with Crippen molar-refractivity contribution in [1.29, 1.82) is 0 Å². The largest absolute Gasteiger partial charge is 0.369 e. The quantitative estimate of drug-likeness (QED) is 0.736. The highest BCUT2D eigenvalue weighted by Crippen LogP contribution is 2.22. The second-order valence-electron chi connectivity index (χ2n) is 3.65. The number of aryl methyl sites for hydroxylation is 1. The molecule has 1 aliphatic rings. The Kier molecular flexibility index (Phi) is 2.69. The van der Waals surface area contributed by atoms with Crippen LogP contribution in [0.4, 0.5) is 0 Å². The van der Waals surface area contributed by atoms with Gasteiger partial charge in [-0.1, -0.05) is 31.2 Å². The Hall–Kier alpha value is -1.41. The van der Waals surface area contributed by atoms with Crippen molar-refractivity contribution < 1.29 is 9.53 Å². The fourth-order valence-electron chi connectivity index (χ4n) is 1.81. The molecule has 0 heterocycles. The maximum Gasteiger partial charge on any atom is 0.196 e. The number of ketones is 1. The van der Waals surface area contributed by atoms with Crippen LogP contribution in [-0.2, 0) is 11.2 Å². The fourth-order valence-corrected chi connectivity index (χ4v) is 1.81. The predicted octanol–water partition coefficient (Wildman–Crippen LogP) is 2.47. The van der Waals surface area contributed by atoms with Gasteiger partial charge in [0.25, 0.3) is 0 Å². The van der Waals surface area contributed by atoms with Crippen molar-refractivity contribution in [2.45, 2.75) is 19.4 Å². The van der Waals surface area contributed by atoms with E-state index in [9.17, 15) is 4.79 Å². The van der Waals surface area contributed by atoms with Gasteiger partial charge in [-0.3, -0.25) is 4.79 Å². The number of carbonyl (C=O) groups excluding carboxylic acids is 1. The zero-order valence-electron chi connectivity index (χ0n) is 8.99. The molecular formula is C13H14O2. The molecule has 1 atom stereocenters. The molecule has 0 fully saturated rings. The second-order valence-corrected chi connectivity index (χ2v) is 3.65. The van der Waals surface area contributed by atoms with E-state index in [4.69, 9.17) is 4.74 Å². The summed E-state index contributed by atoms with van der Waals surface area (Å²) in [6.45, 7) is 2.11. The summed E-state index contributed by atoms with van der Waals surface area (Å²) in [7, 11) is 1.55. The van der Waals surface area contributed by atoms with Gasteiger partial charge in [0.2, 0.25) is 0 Å². The van der Waals surface area contributed by atoms with Gasteiger partial charge in [0.05, 0.1) is 0 Å². The number of carbonyl (C=O) groups is 1. The number of Topliss-reactive ketones (excluding diaryl/α,β-unsaturated/α-hetero) is 1. The fraction of sp³-hybridized carbons (Fsp3) is 0.308. The van der Waals surface area contributed by atoms with E-state index in [0.29, 0.717) is 0 Å². The van der Waals surface area contributed by atoms with Gasteiger partial charge in [0.1, 0.15) is 6.10 Å². The van der Waals surface area contributed by atoms with Gasteiger partial charge in [0, 0.05) is 12.7 Å². The van der Waals surface area contributed by atoms with Crippen LogP contribution in [-0.4, -0.2) is 19.0 Å². The summed E-state index contributed by atoms with van der Waals surface area (Å²) < 4.78 is 5.08. The van der Waals surface area contributed by atoms with Crippen LogP contribution in [0.2, 0.25) is 0 Å². The van der Waals surface area contributed by atoms with Crippen LogP contribution >= 0.6 is 0 Å². The van der Waals surface area contributed by atoms with Crippen molar-refractivity contribution in [3.8, 4) is 0 Å². The SMILES string of the molecule is CCc1ccc2c(c1)C=C[C@@H](OC)C2=O. The first-order chi connectivity index (χ1) is 7.26. The lowest BCUT2D eigenvalue weighted by atomic mass is 9.92. The molecule has 15 heavy (non-hydrogen) atoms. The molecule has 1 aliphatic carbocycles. The van der Waals surface area contributed by atoms with E-state index < -0.39 is 6.10 Å². The molecule has 0 saturated heterocycles. The number of fused-ring (bicyclic) bond motifs is 1. The predicted molar refractivity (Wildman–Crippen MR) is 60.0 cm³/mol. The van der Waals surface area contributed by atoms with Crippen LogP contribution in [0.25, 0.3) is 6.08 Å². The Bertz CT molecular complexity index is 419. The normalized spacial score (nSPS) is 19.1. The van der Waals surface area contributed by atoms with Crippen molar-refractivity contribution in [3.05, 3.63) is 41.0 Å². The molecule has 78 valence electrons. The molecule has 2 rings (SSSR count). The highest BCUT2D eigenvalue weighted by molar-refractivity contribution is 6.06. The van der Waals surface area contributed by atoms with E-state index in [1.807, 2.05) is 24.3 Å². The van der Waals surface area contributed by atoms with Crippen molar-refractivity contribution >= 4 is 11.9 Å².